The Morgan fingerprint density at radius 1 is 0.481 bits per heavy atom. The van der Waals surface area contributed by atoms with Crippen LogP contribution in [0.2, 0.25) is 20.1 Å². The zero-order valence-electron chi connectivity index (χ0n) is 54.5. The molecule has 3 fully saturated rings. The first kappa shape index (κ1) is 80.3. The maximum Gasteiger partial charge on any atom is 0.258 e. The van der Waals surface area contributed by atoms with Crippen molar-refractivity contribution in [3.63, 3.8) is 0 Å². The van der Waals surface area contributed by atoms with E-state index in [2.05, 4.69) is 60.1 Å². The summed E-state index contributed by atoms with van der Waals surface area (Å²) in [6.07, 6.45) is 10.2. The SMILES string of the molecule is CC(C)CCS(=O)(=O)Nc1cc(C(=O)Nc2ccc(F)c(Cl)c2)ccn1.N#CC1(CS(=O)(=O)Nc2cc(C(=O)Nc3ccc(F)c(Cl)c3)ccn2)CC1.O=C(Nc1ccc(F)c(Cl)c1)c1cc(NS(=O)(=O)C2CC2)ncc1F.O=C(Nc1ccc(F)c(Cl)c1)c1ccnc(NS(=O)(=O)CCC2CC2)c1. The van der Waals surface area contributed by atoms with Gasteiger partial charge in [-0.1, -0.05) is 73.1 Å². The molecule has 11 rings (SSSR count). The summed E-state index contributed by atoms with van der Waals surface area (Å²) in [5.74, 6) is -5.40. The molecule has 104 heavy (non-hydrogen) atoms. The number of pyridine rings is 4. The summed E-state index contributed by atoms with van der Waals surface area (Å²) < 4.78 is 172. The van der Waals surface area contributed by atoms with Crippen molar-refractivity contribution in [1.82, 2.24) is 19.9 Å². The van der Waals surface area contributed by atoms with Gasteiger partial charge in [-0.15, -0.1) is 0 Å². The fourth-order valence-corrected chi connectivity index (χ4v) is 14.9. The van der Waals surface area contributed by atoms with Gasteiger partial charge in [0.2, 0.25) is 40.1 Å². The Labute approximate surface area is 614 Å². The summed E-state index contributed by atoms with van der Waals surface area (Å²) >= 11 is 22.7. The quantitative estimate of drug-likeness (QED) is 0.0246. The van der Waals surface area contributed by atoms with Gasteiger partial charge in [0.25, 0.3) is 23.6 Å². The van der Waals surface area contributed by atoms with Gasteiger partial charge in [0.05, 0.1) is 65.8 Å². The highest BCUT2D eigenvalue weighted by atomic mass is 35.5. The molecule has 0 saturated heterocycles. The van der Waals surface area contributed by atoms with Crippen LogP contribution in [0.3, 0.4) is 0 Å². The van der Waals surface area contributed by atoms with E-state index in [1.165, 1.54) is 104 Å². The molecule has 25 nitrogen and oxygen atoms in total. The number of halogens is 9. The van der Waals surface area contributed by atoms with E-state index in [1.807, 2.05) is 19.9 Å². The van der Waals surface area contributed by atoms with Crippen molar-refractivity contribution in [2.45, 2.75) is 70.5 Å². The molecule has 0 aliphatic heterocycles. The second-order valence-corrected chi connectivity index (χ2v) is 33.0. The maximum atomic E-state index is 13.9. The molecule has 38 heteroatoms. The molecule has 4 aromatic carbocycles. The van der Waals surface area contributed by atoms with Crippen molar-refractivity contribution in [2.75, 3.05) is 57.4 Å². The third kappa shape index (κ3) is 25.2. The maximum absolute atomic E-state index is 13.9. The smallest absolute Gasteiger partial charge is 0.258 e. The molecule has 4 heterocycles. The lowest BCUT2D eigenvalue weighted by molar-refractivity contribution is 0.101. The summed E-state index contributed by atoms with van der Waals surface area (Å²) in [7, 11) is -14.4. The van der Waals surface area contributed by atoms with Crippen molar-refractivity contribution >= 4 is 156 Å². The van der Waals surface area contributed by atoms with E-state index < -0.39 is 109 Å². The minimum absolute atomic E-state index is 0.0309. The number of nitrogens with one attached hydrogen (secondary N) is 8. The van der Waals surface area contributed by atoms with Crippen LogP contribution >= 0.6 is 46.4 Å². The van der Waals surface area contributed by atoms with Gasteiger partial charge in [0, 0.05) is 58.0 Å². The van der Waals surface area contributed by atoms with Gasteiger partial charge in [-0.2, -0.15) is 5.26 Å². The van der Waals surface area contributed by atoms with Crippen LogP contribution in [0.1, 0.15) is 107 Å². The van der Waals surface area contributed by atoms with E-state index in [1.54, 1.807) is 0 Å². The first-order valence-electron chi connectivity index (χ1n) is 31.0. The molecule has 3 saturated carbocycles. The van der Waals surface area contributed by atoms with Crippen LogP contribution in [0, 0.1) is 57.7 Å². The van der Waals surface area contributed by atoms with Gasteiger partial charge >= 0.3 is 0 Å². The number of sulfonamides is 4. The summed E-state index contributed by atoms with van der Waals surface area (Å²) in [5.41, 5.74) is 0.392. The number of carbonyl (C=O) groups excluding carboxylic acids is 4. The van der Waals surface area contributed by atoms with Crippen molar-refractivity contribution in [3.8, 4) is 6.07 Å². The molecule has 0 unspecified atom stereocenters. The predicted octanol–water partition coefficient (Wildman–Crippen LogP) is 13.9. The topological polar surface area (TPSA) is 376 Å². The second kappa shape index (κ2) is 35.0. The van der Waals surface area contributed by atoms with Gasteiger partial charge in [0.15, 0.2) is 5.82 Å². The third-order valence-electron chi connectivity index (χ3n) is 14.9. The second-order valence-electron chi connectivity index (χ2n) is 24.0. The minimum atomic E-state index is -3.78. The molecular formula is C66H62Cl4F5N13O12S4. The molecule has 0 radical (unpaired) electrons. The zero-order valence-corrected chi connectivity index (χ0v) is 60.7. The van der Waals surface area contributed by atoms with E-state index in [9.17, 15) is 74.8 Å². The average Bonchev–Trinajstić information content (AvgIpc) is 1.66. The predicted molar refractivity (Wildman–Crippen MR) is 386 cm³/mol. The van der Waals surface area contributed by atoms with Gasteiger partial charge in [-0.05, 0) is 166 Å². The fraction of sp³-hybridized carbons (Fsp3) is 0.258. The molecule has 8 N–H and O–H groups in total. The number of hydrogen-bond acceptors (Lipinski definition) is 17. The van der Waals surface area contributed by atoms with Crippen molar-refractivity contribution < 1.29 is 74.8 Å². The first-order chi connectivity index (χ1) is 49.0. The van der Waals surface area contributed by atoms with Gasteiger partial charge in [0.1, 0.15) is 46.5 Å². The van der Waals surface area contributed by atoms with Gasteiger partial charge in [-0.25, -0.2) is 75.6 Å². The van der Waals surface area contributed by atoms with Crippen LogP contribution in [-0.2, 0) is 40.1 Å². The average molecular weight is 1590 g/mol. The van der Waals surface area contributed by atoms with Crippen molar-refractivity contribution in [3.05, 3.63) is 211 Å². The molecule has 4 amide bonds. The number of amides is 4. The van der Waals surface area contributed by atoms with Crippen LogP contribution in [-0.4, -0.2) is 99.7 Å². The Morgan fingerprint density at radius 3 is 1.19 bits per heavy atom. The largest absolute Gasteiger partial charge is 0.322 e. The van der Waals surface area contributed by atoms with E-state index >= 15 is 0 Å². The van der Waals surface area contributed by atoms with E-state index in [4.69, 9.17) is 51.7 Å². The van der Waals surface area contributed by atoms with Gasteiger partial charge in [-0.3, -0.25) is 38.1 Å². The summed E-state index contributed by atoms with van der Waals surface area (Å²) in [6, 6.07) is 26.0. The van der Waals surface area contributed by atoms with Crippen LogP contribution in [0.15, 0.2) is 140 Å². The minimum Gasteiger partial charge on any atom is -0.322 e. The summed E-state index contributed by atoms with van der Waals surface area (Å²) in [4.78, 5) is 64.5. The van der Waals surface area contributed by atoms with E-state index in [0.717, 1.165) is 49.4 Å². The highest BCUT2D eigenvalue weighted by Gasteiger charge is 2.47. The monoisotopic (exact) mass is 1590 g/mol. The Morgan fingerprint density at radius 2 is 0.846 bits per heavy atom. The fourth-order valence-electron chi connectivity index (χ4n) is 8.80. The zero-order chi connectivity index (χ0) is 75.9. The van der Waals surface area contributed by atoms with Crippen LogP contribution in [0.4, 0.5) is 68.0 Å². The Kier molecular flexibility index (Phi) is 27.0. The highest BCUT2D eigenvalue weighted by Crippen LogP contribution is 2.46. The lowest BCUT2D eigenvalue weighted by atomic mass is 10.2. The lowest BCUT2D eigenvalue weighted by Crippen LogP contribution is -2.23. The van der Waals surface area contributed by atoms with Gasteiger partial charge < -0.3 is 21.3 Å². The van der Waals surface area contributed by atoms with Crippen molar-refractivity contribution in [2.24, 2.45) is 17.3 Å². The Balaban J connectivity index is 0.000000176. The molecule has 4 aromatic heterocycles. The summed E-state index contributed by atoms with van der Waals surface area (Å²) in [5, 5.41) is 18.0. The molecule has 8 aromatic rings. The lowest BCUT2D eigenvalue weighted by Gasteiger charge is -2.11. The van der Waals surface area contributed by atoms with Crippen LogP contribution in [0.5, 0.6) is 0 Å². The van der Waals surface area contributed by atoms with Crippen molar-refractivity contribution in [1.29, 1.82) is 5.26 Å². The number of hydrogen-bond donors (Lipinski definition) is 8. The number of aromatic nitrogens is 4. The van der Waals surface area contributed by atoms with Crippen LogP contribution < -0.4 is 40.2 Å². The Hall–Kier alpha value is -9.34. The molecule has 0 bridgehead atoms. The number of nitriles is 1. The number of nitrogens with zero attached hydrogens (tertiary/aromatic N) is 5. The number of carbonyl (C=O) groups is 4. The van der Waals surface area contributed by atoms with E-state index in [-0.39, 0.29) is 94.6 Å². The normalized spacial score (nSPS) is 13.6. The molecule has 3 aliphatic rings. The highest BCUT2D eigenvalue weighted by molar-refractivity contribution is 7.93. The molecular weight excluding hydrogens is 1530 g/mol. The number of benzene rings is 4. The van der Waals surface area contributed by atoms with Crippen LogP contribution in [0.25, 0.3) is 0 Å². The first-order valence-corrected chi connectivity index (χ1v) is 39.0. The molecule has 3 aliphatic carbocycles. The molecule has 0 atom stereocenters. The number of anilines is 8. The third-order valence-corrected chi connectivity index (χ3v) is 21.9. The summed E-state index contributed by atoms with van der Waals surface area (Å²) in [6.45, 7) is 3.86. The molecule has 550 valence electrons. The Bertz CT molecular complexity index is 4940. The standard InChI is InChI=1S/C17H14ClFN4O3S.C17H17ClFN3O3S.C17H19ClFN3O3S.C15H12ClF2N3O3S/c18-13-8-12(1-2-14(13)19)22-16(24)11-3-6-21-15(7-11)23-27(25,26)10-17(9-20)4-5-17;18-14-10-13(3-4-15(14)19)21-17(23)12-5-7-20-16(9-12)22-26(24,25)8-6-11-1-2-11;1-11(2)6-8-26(24,25)22-16-9-12(5-7-20-16)17(23)21-13-3-4-15(19)14(18)10-13;16-11-5-8(1-4-12(11)17)20-15(22)10-6-14(19-7-13(10)18)21-25(23,24)9-2-3-9/h1-3,6-8H,4-5,10H2,(H,21,23)(H,22,24);3-5,7,9-11H,1-2,6,8H2,(H,20,22)(H,21,23);3-5,7,9-11H,6,8H2,1-2H3,(H,20,22)(H,21,23);1,4-7,9H,2-3H2,(H,19,21)(H,20,22). The molecule has 0 spiro atoms. The number of rotatable bonds is 25. The van der Waals surface area contributed by atoms with E-state index in [0.29, 0.717) is 55.8 Å².